The van der Waals surface area contributed by atoms with Crippen LogP contribution >= 0.6 is 0 Å². The summed E-state index contributed by atoms with van der Waals surface area (Å²) in [6.07, 6.45) is 0.466. The average molecular weight is 256 g/mol. The number of carbonyl (C=O) groups is 1. The molecule has 17 heavy (non-hydrogen) atoms. The molecule has 0 unspecified atom stereocenters. The topological polar surface area (TPSA) is 71.4 Å². The van der Waals surface area contributed by atoms with Gasteiger partial charge in [-0.15, -0.1) is 0 Å². The van der Waals surface area contributed by atoms with Gasteiger partial charge >= 0.3 is 5.97 Å². The van der Waals surface area contributed by atoms with Crippen LogP contribution in [-0.2, 0) is 21.1 Å². The van der Waals surface area contributed by atoms with Crippen molar-refractivity contribution < 1.29 is 18.3 Å². The number of sulfone groups is 1. The lowest BCUT2D eigenvalue weighted by atomic mass is 10.1. The summed E-state index contributed by atoms with van der Waals surface area (Å²) in [5.74, 6) is -0.858. The molecule has 0 amide bonds. The molecule has 0 aromatic heterocycles. The number of benzene rings is 1. The van der Waals surface area contributed by atoms with Crippen molar-refractivity contribution in [3.8, 4) is 0 Å². The summed E-state index contributed by atoms with van der Waals surface area (Å²) in [4.78, 5) is 10.7. The van der Waals surface area contributed by atoms with Gasteiger partial charge in [0, 0.05) is 6.42 Å². The lowest BCUT2D eigenvalue weighted by molar-refractivity contribution is -0.136. The lowest BCUT2D eigenvalue weighted by Gasteiger charge is -2.08. The largest absolute Gasteiger partial charge is 0.481 e. The van der Waals surface area contributed by atoms with Crippen molar-refractivity contribution in [3.63, 3.8) is 0 Å². The van der Waals surface area contributed by atoms with Gasteiger partial charge in [-0.05, 0) is 38.0 Å². The highest BCUT2D eigenvalue weighted by molar-refractivity contribution is 7.92. The standard InChI is InChI=1S/C12H16O4S/c1-9(2)17(15,16)11-6-3-10(4-7-11)5-8-12(13)14/h3-4,6-7,9H,5,8H2,1-2H3,(H,13,14). The molecule has 94 valence electrons. The molecule has 0 radical (unpaired) electrons. The van der Waals surface area contributed by atoms with E-state index in [0.29, 0.717) is 6.42 Å². The van der Waals surface area contributed by atoms with Crippen LogP contribution in [0.15, 0.2) is 29.2 Å². The molecule has 1 aromatic carbocycles. The van der Waals surface area contributed by atoms with Crippen molar-refractivity contribution in [3.05, 3.63) is 29.8 Å². The van der Waals surface area contributed by atoms with E-state index >= 15 is 0 Å². The summed E-state index contributed by atoms with van der Waals surface area (Å²) in [5.41, 5.74) is 0.829. The molecule has 1 N–H and O–H groups in total. The Balaban J connectivity index is 2.85. The molecule has 0 heterocycles. The second kappa shape index (κ2) is 5.31. The van der Waals surface area contributed by atoms with Crippen LogP contribution in [0.25, 0.3) is 0 Å². The maximum absolute atomic E-state index is 11.8. The molecule has 0 fully saturated rings. The Hall–Kier alpha value is -1.36. The third-order valence-corrected chi connectivity index (χ3v) is 4.67. The molecule has 0 aliphatic carbocycles. The van der Waals surface area contributed by atoms with E-state index in [-0.39, 0.29) is 11.3 Å². The minimum atomic E-state index is -3.24. The first-order valence-electron chi connectivity index (χ1n) is 5.38. The maximum Gasteiger partial charge on any atom is 0.303 e. The predicted molar refractivity (Wildman–Crippen MR) is 64.7 cm³/mol. The van der Waals surface area contributed by atoms with Crippen LogP contribution in [0.3, 0.4) is 0 Å². The number of carboxylic acid groups (broad SMARTS) is 1. The zero-order chi connectivity index (χ0) is 13.1. The van der Waals surface area contributed by atoms with E-state index in [4.69, 9.17) is 5.11 Å². The second-order valence-corrected chi connectivity index (χ2v) is 6.64. The van der Waals surface area contributed by atoms with E-state index in [1.807, 2.05) is 0 Å². The van der Waals surface area contributed by atoms with Crippen LogP contribution in [-0.4, -0.2) is 24.7 Å². The second-order valence-electron chi connectivity index (χ2n) is 4.13. The van der Waals surface area contributed by atoms with Crippen LogP contribution in [0.2, 0.25) is 0 Å². The Kier molecular flexibility index (Phi) is 4.28. The molecule has 0 bridgehead atoms. The fourth-order valence-electron chi connectivity index (χ4n) is 1.37. The van der Waals surface area contributed by atoms with E-state index < -0.39 is 21.1 Å². The fourth-order valence-corrected chi connectivity index (χ4v) is 2.43. The van der Waals surface area contributed by atoms with Crippen LogP contribution in [0.4, 0.5) is 0 Å². The summed E-state index contributed by atoms with van der Waals surface area (Å²) in [7, 11) is -3.24. The van der Waals surface area contributed by atoms with Crippen LogP contribution in [0, 0.1) is 0 Å². The summed E-state index contributed by atoms with van der Waals surface area (Å²) >= 11 is 0. The third-order valence-electron chi connectivity index (χ3n) is 2.50. The molecule has 0 atom stereocenters. The van der Waals surface area contributed by atoms with Crippen molar-refractivity contribution >= 4 is 15.8 Å². The number of aryl methyl sites for hydroxylation is 1. The van der Waals surface area contributed by atoms with Crippen LogP contribution < -0.4 is 0 Å². The van der Waals surface area contributed by atoms with Crippen LogP contribution in [0.1, 0.15) is 25.8 Å². The first-order valence-corrected chi connectivity index (χ1v) is 6.93. The van der Waals surface area contributed by atoms with E-state index in [1.54, 1.807) is 26.0 Å². The van der Waals surface area contributed by atoms with E-state index in [9.17, 15) is 13.2 Å². The first kappa shape index (κ1) is 13.7. The maximum atomic E-state index is 11.8. The van der Waals surface area contributed by atoms with Gasteiger partial charge in [-0.2, -0.15) is 0 Å². The van der Waals surface area contributed by atoms with Crippen LogP contribution in [0.5, 0.6) is 0 Å². The Morgan fingerprint density at radius 2 is 1.76 bits per heavy atom. The van der Waals surface area contributed by atoms with Crippen molar-refractivity contribution in [2.24, 2.45) is 0 Å². The van der Waals surface area contributed by atoms with E-state index in [1.165, 1.54) is 12.1 Å². The van der Waals surface area contributed by atoms with Gasteiger partial charge in [0.15, 0.2) is 9.84 Å². The van der Waals surface area contributed by atoms with Crippen molar-refractivity contribution in [1.82, 2.24) is 0 Å². The quantitative estimate of drug-likeness (QED) is 0.873. The highest BCUT2D eigenvalue weighted by Crippen LogP contribution is 2.17. The Labute approximate surface area is 101 Å². The highest BCUT2D eigenvalue weighted by atomic mass is 32.2. The normalized spacial score (nSPS) is 11.7. The minimum Gasteiger partial charge on any atom is -0.481 e. The summed E-state index contributed by atoms with van der Waals surface area (Å²) in [6.45, 7) is 3.27. The van der Waals surface area contributed by atoms with Gasteiger partial charge in [0.25, 0.3) is 0 Å². The fraction of sp³-hybridized carbons (Fsp3) is 0.417. The smallest absolute Gasteiger partial charge is 0.303 e. The summed E-state index contributed by atoms with van der Waals surface area (Å²) < 4.78 is 23.6. The summed E-state index contributed by atoms with van der Waals surface area (Å²) in [5, 5.41) is 8.08. The molecular formula is C12H16O4S. The van der Waals surface area contributed by atoms with Gasteiger partial charge in [0.1, 0.15) is 0 Å². The molecule has 1 rings (SSSR count). The molecule has 0 saturated heterocycles. The van der Waals surface area contributed by atoms with Gasteiger partial charge in [-0.3, -0.25) is 4.79 Å². The molecular weight excluding hydrogens is 240 g/mol. The molecule has 0 aliphatic heterocycles. The number of hydrogen-bond donors (Lipinski definition) is 1. The molecule has 0 saturated carbocycles. The SMILES string of the molecule is CC(C)S(=O)(=O)c1ccc(CCC(=O)O)cc1. The molecule has 0 aliphatic rings. The predicted octanol–water partition coefficient (Wildman–Crippen LogP) is 1.89. The monoisotopic (exact) mass is 256 g/mol. The first-order chi connectivity index (χ1) is 7.84. The number of hydrogen-bond acceptors (Lipinski definition) is 3. The van der Waals surface area contributed by atoms with Gasteiger partial charge in [-0.1, -0.05) is 12.1 Å². The average Bonchev–Trinajstić information content (AvgIpc) is 2.26. The van der Waals surface area contributed by atoms with Gasteiger partial charge in [0.05, 0.1) is 10.1 Å². The Morgan fingerprint density at radius 3 is 2.18 bits per heavy atom. The number of aliphatic carboxylic acids is 1. The number of rotatable bonds is 5. The molecule has 1 aromatic rings. The molecule has 5 heteroatoms. The van der Waals surface area contributed by atoms with E-state index in [2.05, 4.69) is 0 Å². The minimum absolute atomic E-state index is 0.0519. The van der Waals surface area contributed by atoms with E-state index in [0.717, 1.165) is 5.56 Å². The number of carboxylic acids is 1. The Morgan fingerprint density at radius 1 is 1.24 bits per heavy atom. The van der Waals surface area contributed by atoms with Gasteiger partial charge < -0.3 is 5.11 Å². The zero-order valence-electron chi connectivity index (χ0n) is 9.88. The zero-order valence-corrected chi connectivity index (χ0v) is 10.7. The summed E-state index contributed by atoms with van der Waals surface area (Å²) in [6, 6.07) is 6.40. The van der Waals surface area contributed by atoms with Crippen molar-refractivity contribution in [1.29, 1.82) is 0 Å². The Bertz CT molecular complexity index is 486. The van der Waals surface area contributed by atoms with Gasteiger partial charge in [0.2, 0.25) is 0 Å². The third kappa shape index (κ3) is 3.56. The highest BCUT2D eigenvalue weighted by Gasteiger charge is 2.18. The molecule has 4 nitrogen and oxygen atoms in total. The van der Waals surface area contributed by atoms with Crippen molar-refractivity contribution in [2.75, 3.05) is 0 Å². The molecule has 0 spiro atoms. The van der Waals surface area contributed by atoms with Crippen molar-refractivity contribution in [2.45, 2.75) is 36.8 Å². The van der Waals surface area contributed by atoms with Gasteiger partial charge in [-0.25, -0.2) is 8.42 Å². The lowest BCUT2D eigenvalue weighted by Crippen LogP contribution is -2.13.